The molecule has 0 radical (unpaired) electrons. The molecule has 0 bridgehead atoms. The van der Waals surface area contributed by atoms with Crippen LogP contribution in [0, 0.1) is 0 Å². The van der Waals surface area contributed by atoms with Crippen LogP contribution in [0.3, 0.4) is 0 Å². The van der Waals surface area contributed by atoms with Crippen molar-refractivity contribution in [3.05, 3.63) is 24.3 Å². The van der Waals surface area contributed by atoms with Crippen LogP contribution in [0.15, 0.2) is 29.3 Å². The number of benzene rings is 1. The van der Waals surface area contributed by atoms with E-state index in [2.05, 4.69) is 56.1 Å². The van der Waals surface area contributed by atoms with Gasteiger partial charge in [-0.05, 0) is 26.2 Å². The fourth-order valence-electron chi connectivity index (χ4n) is 3.91. The molecule has 0 aromatic heterocycles. The van der Waals surface area contributed by atoms with E-state index in [9.17, 15) is 0 Å². The minimum Gasteiger partial charge on any atom is -0.495 e. The van der Waals surface area contributed by atoms with E-state index in [0.717, 1.165) is 64.1 Å². The van der Waals surface area contributed by atoms with E-state index in [-0.39, 0.29) is 0 Å². The van der Waals surface area contributed by atoms with Crippen molar-refractivity contribution < 1.29 is 4.74 Å². The van der Waals surface area contributed by atoms with E-state index in [1.807, 2.05) is 19.2 Å². The van der Waals surface area contributed by atoms with Crippen LogP contribution < -0.4 is 15.0 Å². The van der Waals surface area contributed by atoms with Crippen LogP contribution in [-0.2, 0) is 0 Å². The fourth-order valence-corrected chi connectivity index (χ4v) is 3.91. The van der Waals surface area contributed by atoms with Gasteiger partial charge in [0.2, 0.25) is 0 Å². The molecule has 27 heavy (non-hydrogen) atoms. The number of nitrogens with zero attached hydrogens (tertiary/aromatic N) is 5. The highest BCUT2D eigenvalue weighted by molar-refractivity contribution is 5.80. The Kier molecular flexibility index (Phi) is 6.79. The third-order valence-electron chi connectivity index (χ3n) is 5.69. The monoisotopic (exact) mass is 374 g/mol. The highest BCUT2D eigenvalue weighted by Crippen LogP contribution is 2.28. The number of para-hydroxylation sites is 2. The SMILES string of the molecule is CN=C(NCC1CN(C)CCN1C)N1CCN(c2ccccc2OC)CC1. The summed E-state index contributed by atoms with van der Waals surface area (Å²) >= 11 is 0. The Morgan fingerprint density at radius 1 is 1.11 bits per heavy atom. The summed E-state index contributed by atoms with van der Waals surface area (Å²) in [5.41, 5.74) is 1.18. The zero-order valence-electron chi connectivity index (χ0n) is 17.2. The predicted octanol–water partition coefficient (Wildman–Crippen LogP) is 0.638. The third kappa shape index (κ3) is 4.84. The Balaban J connectivity index is 1.53. The van der Waals surface area contributed by atoms with Gasteiger partial charge in [-0.2, -0.15) is 0 Å². The van der Waals surface area contributed by atoms with Crippen molar-refractivity contribution >= 4 is 11.6 Å². The number of piperazine rings is 2. The number of anilines is 1. The van der Waals surface area contributed by atoms with Crippen molar-refractivity contribution in [1.82, 2.24) is 20.0 Å². The van der Waals surface area contributed by atoms with Crippen molar-refractivity contribution in [3.63, 3.8) is 0 Å². The van der Waals surface area contributed by atoms with Crippen LogP contribution in [0.2, 0.25) is 0 Å². The van der Waals surface area contributed by atoms with Crippen LogP contribution in [-0.4, -0.2) is 107 Å². The molecule has 1 unspecified atom stereocenters. The molecule has 0 aliphatic carbocycles. The molecule has 0 saturated carbocycles. The van der Waals surface area contributed by atoms with Crippen LogP contribution in [0.1, 0.15) is 0 Å². The fraction of sp³-hybridized carbons (Fsp3) is 0.650. The Morgan fingerprint density at radius 3 is 2.56 bits per heavy atom. The highest BCUT2D eigenvalue weighted by atomic mass is 16.5. The summed E-state index contributed by atoms with van der Waals surface area (Å²) in [6, 6.07) is 8.78. The number of likely N-dealkylation sites (N-methyl/N-ethyl adjacent to an activating group) is 2. The van der Waals surface area contributed by atoms with Gasteiger partial charge in [0, 0.05) is 65.4 Å². The first-order chi connectivity index (χ1) is 13.1. The molecule has 0 amide bonds. The second kappa shape index (κ2) is 9.28. The van der Waals surface area contributed by atoms with Gasteiger partial charge < -0.3 is 24.8 Å². The van der Waals surface area contributed by atoms with Gasteiger partial charge in [-0.1, -0.05) is 12.1 Å². The summed E-state index contributed by atoms with van der Waals surface area (Å²) in [5.74, 6) is 1.95. The normalized spacial score (nSPS) is 22.8. The van der Waals surface area contributed by atoms with Gasteiger partial charge >= 0.3 is 0 Å². The van der Waals surface area contributed by atoms with Gasteiger partial charge in [-0.25, -0.2) is 0 Å². The second-order valence-electron chi connectivity index (χ2n) is 7.47. The van der Waals surface area contributed by atoms with E-state index in [1.54, 1.807) is 7.11 Å². The van der Waals surface area contributed by atoms with E-state index >= 15 is 0 Å². The molecule has 1 N–H and O–H groups in total. The molecular weight excluding hydrogens is 340 g/mol. The molecule has 1 aromatic rings. The first kappa shape index (κ1) is 19.8. The molecule has 1 atom stereocenters. The number of aliphatic imine (C=N–C) groups is 1. The molecule has 2 aliphatic rings. The van der Waals surface area contributed by atoms with Crippen molar-refractivity contribution in [2.45, 2.75) is 6.04 Å². The predicted molar refractivity (Wildman–Crippen MR) is 112 cm³/mol. The number of rotatable bonds is 4. The number of hydrogen-bond acceptors (Lipinski definition) is 5. The largest absolute Gasteiger partial charge is 0.495 e. The van der Waals surface area contributed by atoms with E-state index in [1.165, 1.54) is 5.69 Å². The number of hydrogen-bond donors (Lipinski definition) is 1. The number of ether oxygens (including phenoxy) is 1. The summed E-state index contributed by atoms with van der Waals surface area (Å²) in [5, 5.41) is 3.60. The van der Waals surface area contributed by atoms with Gasteiger partial charge in [0.1, 0.15) is 5.75 Å². The molecule has 2 fully saturated rings. The van der Waals surface area contributed by atoms with Gasteiger partial charge in [0.05, 0.1) is 12.8 Å². The van der Waals surface area contributed by atoms with Gasteiger partial charge in [0.25, 0.3) is 0 Å². The highest BCUT2D eigenvalue weighted by Gasteiger charge is 2.25. The maximum absolute atomic E-state index is 5.52. The molecule has 150 valence electrons. The molecule has 7 nitrogen and oxygen atoms in total. The number of guanidine groups is 1. The minimum atomic E-state index is 0.523. The molecule has 2 heterocycles. The molecule has 7 heteroatoms. The lowest BCUT2D eigenvalue weighted by Crippen LogP contribution is -2.57. The molecular formula is C20H34N6O. The zero-order valence-corrected chi connectivity index (χ0v) is 17.2. The van der Waals surface area contributed by atoms with Crippen molar-refractivity contribution in [1.29, 1.82) is 0 Å². The third-order valence-corrected chi connectivity index (χ3v) is 5.69. The van der Waals surface area contributed by atoms with Crippen LogP contribution in [0.25, 0.3) is 0 Å². The van der Waals surface area contributed by atoms with Crippen molar-refractivity contribution in [2.24, 2.45) is 4.99 Å². The lowest BCUT2D eigenvalue weighted by Gasteiger charge is -2.40. The van der Waals surface area contributed by atoms with Gasteiger partial charge in [-0.3, -0.25) is 9.89 Å². The smallest absolute Gasteiger partial charge is 0.193 e. The molecule has 1 aromatic carbocycles. The molecule has 2 saturated heterocycles. The summed E-state index contributed by atoms with van der Waals surface area (Å²) in [6.07, 6.45) is 0. The summed E-state index contributed by atoms with van der Waals surface area (Å²) < 4.78 is 5.52. The average molecular weight is 375 g/mol. The molecule has 0 spiro atoms. The standard InChI is InChI=1S/C20H34N6O/c1-21-20(22-15-17-16-23(2)9-10-24(17)3)26-13-11-25(12-14-26)18-7-5-6-8-19(18)27-4/h5-8,17H,9-16H2,1-4H3,(H,21,22). The van der Waals surface area contributed by atoms with Crippen LogP contribution >= 0.6 is 0 Å². The lowest BCUT2D eigenvalue weighted by molar-refractivity contribution is 0.116. The Morgan fingerprint density at radius 2 is 1.85 bits per heavy atom. The van der Waals surface area contributed by atoms with E-state index < -0.39 is 0 Å². The van der Waals surface area contributed by atoms with Gasteiger partial charge in [-0.15, -0.1) is 0 Å². The quantitative estimate of drug-likeness (QED) is 0.617. The minimum absolute atomic E-state index is 0.523. The van der Waals surface area contributed by atoms with Crippen molar-refractivity contribution in [3.8, 4) is 5.75 Å². The Labute approximate surface area is 163 Å². The van der Waals surface area contributed by atoms with Crippen molar-refractivity contribution in [2.75, 3.05) is 85.5 Å². The van der Waals surface area contributed by atoms with Crippen LogP contribution in [0.5, 0.6) is 5.75 Å². The summed E-state index contributed by atoms with van der Waals surface area (Å²) in [6.45, 7) is 8.14. The number of nitrogens with one attached hydrogen (secondary N) is 1. The first-order valence-corrected chi connectivity index (χ1v) is 9.84. The summed E-state index contributed by atoms with van der Waals surface area (Å²) in [7, 11) is 8.03. The van der Waals surface area contributed by atoms with Gasteiger partial charge in [0.15, 0.2) is 5.96 Å². The Bertz CT molecular complexity index is 629. The molecule has 3 rings (SSSR count). The zero-order chi connectivity index (χ0) is 19.2. The maximum Gasteiger partial charge on any atom is 0.193 e. The number of methoxy groups -OCH3 is 1. The average Bonchev–Trinajstić information content (AvgIpc) is 2.71. The molecule has 2 aliphatic heterocycles. The van der Waals surface area contributed by atoms with Crippen LogP contribution in [0.4, 0.5) is 5.69 Å². The van der Waals surface area contributed by atoms with E-state index in [4.69, 9.17) is 4.74 Å². The topological polar surface area (TPSA) is 46.6 Å². The lowest BCUT2D eigenvalue weighted by atomic mass is 10.2. The first-order valence-electron chi connectivity index (χ1n) is 9.84. The van der Waals surface area contributed by atoms with E-state index in [0.29, 0.717) is 6.04 Å². The second-order valence-corrected chi connectivity index (χ2v) is 7.47. The summed E-state index contributed by atoms with van der Waals surface area (Å²) in [4.78, 5) is 14.1. The Hall–Kier alpha value is -1.99. The maximum atomic E-state index is 5.52.